The number of nitrogens with one attached hydrogen (secondary N) is 1. The normalized spacial score (nSPS) is 10.3. The maximum atomic E-state index is 5.04. The molecule has 84 valence electrons. The molecule has 2 aromatic rings. The Morgan fingerprint density at radius 1 is 1.31 bits per heavy atom. The van der Waals surface area contributed by atoms with Gasteiger partial charge in [0.15, 0.2) is 0 Å². The van der Waals surface area contributed by atoms with Crippen LogP contribution in [0.1, 0.15) is 0 Å². The maximum absolute atomic E-state index is 5.04. The van der Waals surface area contributed by atoms with Crippen molar-refractivity contribution in [2.45, 2.75) is 0 Å². The van der Waals surface area contributed by atoms with E-state index in [1.54, 1.807) is 7.11 Å². The quantitative estimate of drug-likeness (QED) is 0.777. The van der Waals surface area contributed by atoms with Crippen molar-refractivity contribution in [3.8, 4) is 11.4 Å². The van der Waals surface area contributed by atoms with Crippen LogP contribution in [-0.4, -0.2) is 30.4 Å². The third-order valence-electron chi connectivity index (χ3n) is 2.04. The molecule has 5 nitrogen and oxygen atoms in total. The molecule has 1 aromatic heterocycles. The molecule has 16 heavy (non-hydrogen) atoms. The van der Waals surface area contributed by atoms with E-state index in [-0.39, 0.29) is 0 Å². The van der Waals surface area contributed by atoms with Crippen molar-refractivity contribution < 1.29 is 9.26 Å². The number of nitrogens with zero attached hydrogens (tertiary/aromatic N) is 2. The largest absolute Gasteiger partial charge is 0.383 e. The highest BCUT2D eigenvalue weighted by Crippen LogP contribution is 2.16. The summed E-state index contributed by atoms with van der Waals surface area (Å²) in [5.41, 5.74) is 0.936. The van der Waals surface area contributed by atoms with Crippen molar-refractivity contribution in [1.82, 2.24) is 10.1 Å². The Hall–Kier alpha value is -1.88. The van der Waals surface area contributed by atoms with Crippen LogP contribution in [0.5, 0.6) is 0 Å². The van der Waals surface area contributed by atoms with Crippen LogP contribution in [0.25, 0.3) is 11.4 Å². The molecule has 0 aliphatic rings. The smallest absolute Gasteiger partial charge is 0.321 e. The van der Waals surface area contributed by atoms with Crippen LogP contribution in [0.4, 0.5) is 6.01 Å². The molecule has 1 N–H and O–H groups in total. The molecule has 1 heterocycles. The zero-order chi connectivity index (χ0) is 11.2. The van der Waals surface area contributed by atoms with Gasteiger partial charge in [-0.25, -0.2) is 0 Å². The molecule has 0 saturated carbocycles. The minimum atomic E-state index is 0.413. The lowest BCUT2D eigenvalue weighted by Gasteiger charge is -1.97. The van der Waals surface area contributed by atoms with Crippen molar-refractivity contribution >= 4 is 6.01 Å². The third-order valence-corrected chi connectivity index (χ3v) is 2.04. The summed E-state index contributed by atoms with van der Waals surface area (Å²) in [6, 6.07) is 10.1. The second kappa shape index (κ2) is 5.27. The number of hydrogen-bond acceptors (Lipinski definition) is 5. The van der Waals surface area contributed by atoms with E-state index in [1.807, 2.05) is 30.3 Å². The number of benzene rings is 1. The average molecular weight is 219 g/mol. The SMILES string of the molecule is COCCNc1nc(-c2ccccc2)no1. The van der Waals surface area contributed by atoms with Gasteiger partial charge in [-0.3, -0.25) is 0 Å². The van der Waals surface area contributed by atoms with Gasteiger partial charge in [0.25, 0.3) is 0 Å². The number of ether oxygens (including phenoxy) is 1. The van der Waals surface area contributed by atoms with E-state index in [2.05, 4.69) is 15.5 Å². The average Bonchev–Trinajstić information content (AvgIpc) is 2.79. The molecule has 0 saturated heterocycles. The number of methoxy groups -OCH3 is 1. The van der Waals surface area contributed by atoms with E-state index < -0.39 is 0 Å². The number of aromatic nitrogens is 2. The van der Waals surface area contributed by atoms with E-state index in [4.69, 9.17) is 9.26 Å². The second-order valence-corrected chi connectivity index (χ2v) is 3.21. The first-order chi connectivity index (χ1) is 7.90. The van der Waals surface area contributed by atoms with Gasteiger partial charge in [-0.2, -0.15) is 4.98 Å². The Bertz CT molecular complexity index is 428. The lowest BCUT2D eigenvalue weighted by atomic mass is 10.2. The fourth-order valence-electron chi connectivity index (χ4n) is 1.26. The molecule has 0 spiro atoms. The van der Waals surface area contributed by atoms with Crippen molar-refractivity contribution in [3.63, 3.8) is 0 Å². The van der Waals surface area contributed by atoms with Crippen LogP contribution in [-0.2, 0) is 4.74 Å². The third kappa shape index (κ3) is 2.58. The zero-order valence-corrected chi connectivity index (χ0v) is 9.01. The fraction of sp³-hybridized carbons (Fsp3) is 0.273. The van der Waals surface area contributed by atoms with Crippen LogP contribution in [0.3, 0.4) is 0 Å². The maximum Gasteiger partial charge on any atom is 0.321 e. The van der Waals surface area contributed by atoms with E-state index in [1.165, 1.54) is 0 Å². The van der Waals surface area contributed by atoms with Crippen LogP contribution in [0.15, 0.2) is 34.9 Å². The van der Waals surface area contributed by atoms with Crippen LogP contribution < -0.4 is 5.32 Å². The van der Waals surface area contributed by atoms with Gasteiger partial charge in [0.2, 0.25) is 5.82 Å². The van der Waals surface area contributed by atoms with Gasteiger partial charge < -0.3 is 14.6 Å². The van der Waals surface area contributed by atoms with Gasteiger partial charge in [0.05, 0.1) is 6.61 Å². The van der Waals surface area contributed by atoms with Crippen molar-refractivity contribution in [1.29, 1.82) is 0 Å². The molecule has 0 amide bonds. The van der Waals surface area contributed by atoms with Gasteiger partial charge in [-0.05, 0) is 0 Å². The summed E-state index contributed by atoms with van der Waals surface area (Å²) < 4.78 is 9.94. The molecule has 1 aromatic carbocycles. The molecule has 0 bridgehead atoms. The van der Waals surface area contributed by atoms with Gasteiger partial charge in [-0.15, -0.1) is 0 Å². The summed E-state index contributed by atoms with van der Waals surface area (Å²) in [4.78, 5) is 4.21. The highest BCUT2D eigenvalue weighted by atomic mass is 16.5. The summed E-state index contributed by atoms with van der Waals surface area (Å²) in [5, 5.41) is 6.85. The molecule has 0 unspecified atom stereocenters. The Balaban J connectivity index is 2.02. The first kappa shape index (κ1) is 10.6. The molecular weight excluding hydrogens is 206 g/mol. The topological polar surface area (TPSA) is 60.2 Å². The van der Waals surface area contributed by atoms with Crippen molar-refractivity contribution in [2.24, 2.45) is 0 Å². The van der Waals surface area contributed by atoms with Crippen LogP contribution >= 0.6 is 0 Å². The van der Waals surface area contributed by atoms with Gasteiger partial charge in [0, 0.05) is 19.2 Å². The minimum absolute atomic E-state index is 0.413. The summed E-state index contributed by atoms with van der Waals surface area (Å²) in [6.45, 7) is 1.25. The monoisotopic (exact) mass is 219 g/mol. The predicted molar refractivity (Wildman–Crippen MR) is 60.1 cm³/mol. The number of anilines is 1. The van der Waals surface area contributed by atoms with E-state index in [0.29, 0.717) is 25.0 Å². The summed E-state index contributed by atoms with van der Waals surface area (Å²) in [6.07, 6.45) is 0. The van der Waals surface area contributed by atoms with E-state index in [0.717, 1.165) is 5.56 Å². The Morgan fingerprint density at radius 3 is 2.88 bits per heavy atom. The molecule has 0 atom stereocenters. The van der Waals surface area contributed by atoms with Crippen LogP contribution in [0.2, 0.25) is 0 Å². The Labute approximate surface area is 93.4 Å². The molecular formula is C11H13N3O2. The Morgan fingerprint density at radius 2 is 2.12 bits per heavy atom. The second-order valence-electron chi connectivity index (χ2n) is 3.21. The molecule has 5 heteroatoms. The molecule has 0 fully saturated rings. The summed E-state index contributed by atoms with van der Waals surface area (Å²) in [7, 11) is 1.64. The lowest BCUT2D eigenvalue weighted by molar-refractivity contribution is 0.210. The number of hydrogen-bond donors (Lipinski definition) is 1. The summed E-state index contributed by atoms with van der Waals surface area (Å²) in [5.74, 6) is 0.584. The first-order valence-corrected chi connectivity index (χ1v) is 5.02. The molecule has 0 aliphatic carbocycles. The van der Waals surface area contributed by atoms with Crippen molar-refractivity contribution in [3.05, 3.63) is 30.3 Å². The fourth-order valence-corrected chi connectivity index (χ4v) is 1.26. The van der Waals surface area contributed by atoms with Gasteiger partial charge in [0.1, 0.15) is 0 Å². The zero-order valence-electron chi connectivity index (χ0n) is 9.01. The standard InChI is InChI=1S/C11H13N3O2/c1-15-8-7-12-11-13-10(14-16-11)9-5-3-2-4-6-9/h2-6H,7-8H2,1H3,(H,12,13,14). The predicted octanol–water partition coefficient (Wildman–Crippen LogP) is 1.79. The lowest BCUT2D eigenvalue weighted by Crippen LogP contribution is -2.07. The van der Waals surface area contributed by atoms with Gasteiger partial charge in [-0.1, -0.05) is 35.5 Å². The molecule has 0 aliphatic heterocycles. The molecule has 0 radical (unpaired) electrons. The summed E-state index contributed by atoms with van der Waals surface area (Å²) >= 11 is 0. The van der Waals surface area contributed by atoms with E-state index in [9.17, 15) is 0 Å². The highest BCUT2D eigenvalue weighted by Gasteiger charge is 2.06. The van der Waals surface area contributed by atoms with Crippen molar-refractivity contribution in [2.75, 3.05) is 25.6 Å². The van der Waals surface area contributed by atoms with Gasteiger partial charge >= 0.3 is 6.01 Å². The van der Waals surface area contributed by atoms with Crippen LogP contribution in [0, 0.1) is 0 Å². The first-order valence-electron chi connectivity index (χ1n) is 5.02. The van der Waals surface area contributed by atoms with E-state index >= 15 is 0 Å². The highest BCUT2D eigenvalue weighted by molar-refractivity contribution is 5.54. The Kier molecular flexibility index (Phi) is 3.50. The molecule has 2 rings (SSSR count). The minimum Gasteiger partial charge on any atom is -0.383 e. The number of rotatable bonds is 5.